The Morgan fingerprint density at radius 1 is 0.857 bits per heavy atom. The lowest BCUT2D eigenvalue weighted by molar-refractivity contribution is -0.137. The molecule has 28 heavy (non-hydrogen) atoms. The number of ether oxygens (including phenoxy) is 2. The topological polar surface area (TPSA) is 81.2 Å². The molecule has 2 aromatic carbocycles. The predicted molar refractivity (Wildman–Crippen MR) is 95.3 cm³/mol. The lowest BCUT2D eigenvalue weighted by atomic mass is 10.2. The molecule has 10 heteroatoms. The molecular formula is C18H14F3N5O2. The first-order valence-corrected chi connectivity index (χ1v) is 8.28. The number of benzene rings is 2. The predicted octanol–water partition coefficient (Wildman–Crippen LogP) is 4.15. The van der Waals surface area contributed by atoms with Crippen LogP contribution in [0.2, 0.25) is 0 Å². The minimum absolute atomic E-state index is 0.141. The van der Waals surface area contributed by atoms with E-state index in [-0.39, 0.29) is 5.95 Å². The molecule has 0 saturated heterocycles. The van der Waals surface area contributed by atoms with Gasteiger partial charge in [-0.2, -0.15) is 23.3 Å². The van der Waals surface area contributed by atoms with Gasteiger partial charge in [-0.1, -0.05) is 0 Å². The second-order valence-electron chi connectivity index (χ2n) is 5.85. The normalized spacial score (nSPS) is 13.1. The summed E-state index contributed by atoms with van der Waals surface area (Å²) in [5.74, 6) is 1.84. The minimum Gasteiger partial charge on any atom is -0.486 e. The summed E-state index contributed by atoms with van der Waals surface area (Å²) in [6.07, 6.45) is -2.96. The molecule has 1 aromatic heterocycles. The molecule has 7 nitrogen and oxygen atoms in total. The summed E-state index contributed by atoms with van der Waals surface area (Å²) in [5, 5.41) is 13.6. The third kappa shape index (κ3) is 4.05. The maximum Gasteiger partial charge on any atom is 0.416 e. The van der Waals surface area contributed by atoms with E-state index in [9.17, 15) is 13.2 Å². The quantitative estimate of drug-likeness (QED) is 0.694. The number of aromatic nitrogens is 3. The fourth-order valence-corrected chi connectivity index (χ4v) is 2.56. The van der Waals surface area contributed by atoms with Crippen molar-refractivity contribution in [3.05, 3.63) is 54.2 Å². The smallest absolute Gasteiger partial charge is 0.416 e. The summed E-state index contributed by atoms with van der Waals surface area (Å²) in [5.41, 5.74) is 0.391. The van der Waals surface area contributed by atoms with Crippen LogP contribution in [-0.2, 0) is 6.18 Å². The van der Waals surface area contributed by atoms with Gasteiger partial charge in [0.25, 0.3) is 0 Å². The second kappa shape index (κ2) is 7.22. The van der Waals surface area contributed by atoms with Gasteiger partial charge in [-0.3, -0.25) is 0 Å². The number of hydrogen-bond acceptors (Lipinski definition) is 7. The third-order valence-electron chi connectivity index (χ3n) is 3.84. The molecule has 0 atom stereocenters. The summed E-state index contributed by atoms with van der Waals surface area (Å²) in [7, 11) is 0. The number of alkyl halides is 3. The van der Waals surface area contributed by atoms with Crippen LogP contribution in [0, 0.1) is 0 Å². The Hall–Kier alpha value is -3.56. The van der Waals surface area contributed by atoms with Crippen molar-refractivity contribution in [2.45, 2.75) is 6.18 Å². The van der Waals surface area contributed by atoms with Gasteiger partial charge in [0.05, 0.1) is 11.8 Å². The molecule has 3 aromatic rings. The Bertz CT molecular complexity index is 980. The van der Waals surface area contributed by atoms with Crippen LogP contribution < -0.4 is 20.1 Å². The Morgan fingerprint density at radius 2 is 1.57 bits per heavy atom. The number of rotatable bonds is 4. The largest absolute Gasteiger partial charge is 0.486 e. The SMILES string of the molecule is FC(F)(F)c1ccc(Nc2nncc(Nc3ccc4c(c3)OCCO4)n2)cc1. The highest BCUT2D eigenvalue weighted by atomic mass is 19.4. The van der Waals surface area contributed by atoms with Crippen LogP contribution in [0.25, 0.3) is 0 Å². The van der Waals surface area contributed by atoms with E-state index < -0.39 is 11.7 Å². The molecule has 4 rings (SSSR count). The fraction of sp³-hybridized carbons (Fsp3) is 0.167. The number of halogens is 3. The number of anilines is 4. The van der Waals surface area contributed by atoms with E-state index in [0.717, 1.165) is 12.1 Å². The highest BCUT2D eigenvalue weighted by Gasteiger charge is 2.29. The molecular weight excluding hydrogens is 375 g/mol. The van der Waals surface area contributed by atoms with E-state index in [1.165, 1.54) is 18.3 Å². The van der Waals surface area contributed by atoms with E-state index >= 15 is 0 Å². The molecule has 0 saturated carbocycles. The zero-order valence-electron chi connectivity index (χ0n) is 14.3. The van der Waals surface area contributed by atoms with E-state index in [0.29, 0.717) is 41.9 Å². The highest BCUT2D eigenvalue weighted by Crippen LogP contribution is 2.33. The standard InChI is InChI=1S/C18H14F3N5O2/c19-18(20,21)11-1-3-12(4-2-11)24-17-25-16(10-22-26-17)23-13-5-6-14-15(9-13)28-8-7-27-14/h1-6,9-10H,7-8H2,(H2,23,24,25,26). The first-order chi connectivity index (χ1) is 13.5. The lowest BCUT2D eigenvalue weighted by Gasteiger charge is -2.19. The van der Waals surface area contributed by atoms with Gasteiger partial charge in [-0.05, 0) is 36.4 Å². The van der Waals surface area contributed by atoms with E-state index in [2.05, 4.69) is 25.8 Å². The number of fused-ring (bicyclic) bond motifs is 1. The van der Waals surface area contributed by atoms with Crippen molar-refractivity contribution in [1.29, 1.82) is 0 Å². The van der Waals surface area contributed by atoms with Gasteiger partial charge >= 0.3 is 6.18 Å². The zero-order valence-corrected chi connectivity index (χ0v) is 14.3. The highest BCUT2D eigenvalue weighted by molar-refractivity contribution is 5.62. The van der Waals surface area contributed by atoms with Crippen LogP contribution >= 0.6 is 0 Å². The average molecular weight is 389 g/mol. The van der Waals surface area contributed by atoms with Crippen LogP contribution in [0.5, 0.6) is 11.5 Å². The van der Waals surface area contributed by atoms with Crippen molar-refractivity contribution >= 4 is 23.1 Å². The Kier molecular flexibility index (Phi) is 4.60. The van der Waals surface area contributed by atoms with Gasteiger partial charge in [-0.25, -0.2) is 0 Å². The molecule has 0 radical (unpaired) electrons. The molecule has 2 N–H and O–H groups in total. The minimum atomic E-state index is -4.38. The fourth-order valence-electron chi connectivity index (χ4n) is 2.56. The first-order valence-electron chi connectivity index (χ1n) is 8.28. The van der Waals surface area contributed by atoms with Crippen molar-refractivity contribution in [1.82, 2.24) is 15.2 Å². The summed E-state index contributed by atoms with van der Waals surface area (Å²) >= 11 is 0. The summed E-state index contributed by atoms with van der Waals surface area (Å²) < 4.78 is 48.9. The molecule has 0 spiro atoms. The van der Waals surface area contributed by atoms with Gasteiger partial charge in [0.1, 0.15) is 13.2 Å². The molecule has 0 amide bonds. The summed E-state index contributed by atoms with van der Waals surface area (Å²) in [6.45, 7) is 0.987. The lowest BCUT2D eigenvalue weighted by Crippen LogP contribution is -2.15. The molecule has 0 fully saturated rings. The monoisotopic (exact) mass is 389 g/mol. The number of nitrogens with zero attached hydrogens (tertiary/aromatic N) is 3. The van der Waals surface area contributed by atoms with Crippen LogP contribution in [-0.4, -0.2) is 28.4 Å². The van der Waals surface area contributed by atoms with Crippen molar-refractivity contribution in [2.24, 2.45) is 0 Å². The summed E-state index contributed by atoms with van der Waals surface area (Å²) in [6, 6.07) is 9.92. The maximum absolute atomic E-state index is 12.6. The average Bonchev–Trinajstić information content (AvgIpc) is 2.68. The summed E-state index contributed by atoms with van der Waals surface area (Å²) in [4.78, 5) is 4.26. The molecule has 1 aliphatic rings. The van der Waals surface area contributed by atoms with E-state index in [1.807, 2.05) is 0 Å². The molecule has 1 aliphatic heterocycles. The van der Waals surface area contributed by atoms with Crippen LogP contribution in [0.4, 0.5) is 36.3 Å². The second-order valence-corrected chi connectivity index (χ2v) is 5.85. The number of nitrogens with one attached hydrogen (secondary N) is 2. The van der Waals surface area contributed by atoms with Gasteiger partial charge < -0.3 is 20.1 Å². The van der Waals surface area contributed by atoms with Crippen molar-refractivity contribution in [3.8, 4) is 11.5 Å². The van der Waals surface area contributed by atoms with E-state index in [1.54, 1.807) is 18.2 Å². The Morgan fingerprint density at radius 3 is 2.32 bits per heavy atom. The van der Waals surface area contributed by atoms with Gasteiger partial charge in [0.2, 0.25) is 5.95 Å². The molecule has 144 valence electrons. The Balaban J connectivity index is 1.47. The molecule has 0 unspecified atom stereocenters. The van der Waals surface area contributed by atoms with Gasteiger partial charge in [0.15, 0.2) is 17.3 Å². The van der Waals surface area contributed by atoms with Crippen LogP contribution in [0.15, 0.2) is 48.7 Å². The maximum atomic E-state index is 12.6. The first kappa shape index (κ1) is 17.8. The van der Waals surface area contributed by atoms with Crippen LogP contribution in [0.3, 0.4) is 0 Å². The van der Waals surface area contributed by atoms with E-state index in [4.69, 9.17) is 9.47 Å². The Labute approximate surface area is 157 Å². The zero-order chi connectivity index (χ0) is 19.6. The van der Waals surface area contributed by atoms with Crippen molar-refractivity contribution in [2.75, 3.05) is 23.8 Å². The third-order valence-corrected chi connectivity index (χ3v) is 3.84. The molecule has 2 heterocycles. The van der Waals surface area contributed by atoms with Crippen molar-refractivity contribution < 1.29 is 22.6 Å². The van der Waals surface area contributed by atoms with Gasteiger partial charge in [0, 0.05) is 17.4 Å². The van der Waals surface area contributed by atoms with Crippen molar-refractivity contribution in [3.63, 3.8) is 0 Å². The van der Waals surface area contributed by atoms with Gasteiger partial charge in [-0.15, -0.1) is 5.10 Å². The molecule has 0 aliphatic carbocycles. The number of hydrogen-bond donors (Lipinski definition) is 2. The molecule has 0 bridgehead atoms. The van der Waals surface area contributed by atoms with Crippen LogP contribution in [0.1, 0.15) is 5.56 Å².